The molecular formula is C13H26N2O2S. The summed E-state index contributed by atoms with van der Waals surface area (Å²) in [6.45, 7) is 7.68. The van der Waals surface area contributed by atoms with Gasteiger partial charge in [0.1, 0.15) is 0 Å². The van der Waals surface area contributed by atoms with Gasteiger partial charge in [-0.15, -0.1) is 0 Å². The van der Waals surface area contributed by atoms with Crippen LogP contribution in [0.1, 0.15) is 33.6 Å². The van der Waals surface area contributed by atoms with Crippen LogP contribution in [0, 0.1) is 5.92 Å². The summed E-state index contributed by atoms with van der Waals surface area (Å²) in [7, 11) is 1.66. The first-order chi connectivity index (χ1) is 8.47. The maximum absolute atomic E-state index is 11.8. The molecule has 0 aliphatic carbocycles. The Kier molecular flexibility index (Phi) is 6.29. The minimum absolute atomic E-state index is 0.0686. The normalized spacial score (nSPS) is 25.2. The number of nitrogens with one attached hydrogen (secondary N) is 2. The van der Waals surface area contributed by atoms with Crippen molar-refractivity contribution in [2.75, 3.05) is 26.0 Å². The lowest BCUT2D eigenvalue weighted by Gasteiger charge is -2.25. The number of hydrogen-bond donors (Lipinski definition) is 2. The summed E-state index contributed by atoms with van der Waals surface area (Å²) < 4.78 is 5.33. The van der Waals surface area contributed by atoms with E-state index in [1.165, 1.54) is 18.6 Å². The lowest BCUT2D eigenvalue weighted by molar-refractivity contribution is 0.147. The predicted molar refractivity (Wildman–Crippen MR) is 77.1 cm³/mol. The van der Waals surface area contributed by atoms with E-state index in [4.69, 9.17) is 4.74 Å². The zero-order valence-electron chi connectivity index (χ0n) is 11.9. The van der Waals surface area contributed by atoms with Crippen molar-refractivity contribution in [3.8, 4) is 0 Å². The summed E-state index contributed by atoms with van der Waals surface area (Å²) in [5.41, 5.74) is 0. The molecule has 0 bridgehead atoms. The summed E-state index contributed by atoms with van der Waals surface area (Å²) in [6.07, 6.45) is 2.44. The lowest BCUT2D eigenvalue weighted by Crippen LogP contribution is -2.49. The Bertz CT molecular complexity index is 266. The summed E-state index contributed by atoms with van der Waals surface area (Å²) in [5, 5.41) is 5.96. The molecule has 0 spiro atoms. The molecule has 5 heteroatoms. The number of hydrogen-bond acceptors (Lipinski definition) is 3. The molecule has 18 heavy (non-hydrogen) atoms. The minimum Gasteiger partial charge on any atom is -0.383 e. The summed E-state index contributed by atoms with van der Waals surface area (Å²) in [4.78, 5) is 11.8. The number of carbonyl (C=O) groups excluding carboxylic acids is 1. The molecule has 1 heterocycles. The SMILES string of the molecule is COC[C@@H](NC(=O)NC[C@@]1(C)CCCS1)C(C)C. The first kappa shape index (κ1) is 15.6. The van der Waals surface area contributed by atoms with E-state index in [1.54, 1.807) is 7.11 Å². The fourth-order valence-electron chi connectivity index (χ4n) is 2.04. The second-order valence-electron chi connectivity index (χ2n) is 5.53. The molecule has 1 aliphatic rings. The molecule has 4 nitrogen and oxygen atoms in total. The van der Waals surface area contributed by atoms with Gasteiger partial charge >= 0.3 is 6.03 Å². The number of thioether (sulfide) groups is 1. The Morgan fingerprint density at radius 3 is 2.72 bits per heavy atom. The zero-order chi connectivity index (χ0) is 13.6. The monoisotopic (exact) mass is 274 g/mol. The van der Waals surface area contributed by atoms with Gasteiger partial charge in [0.05, 0.1) is 12.6 Å². The van der Waals surface area contributed by atoms with Crippen molar-refractivity contribution in [2.45, 2.75) is 44.4 Å². The van der Waals surface area contributed by atoms with Crippen LogP contribution >= 0.6 is 11.8 Å². The number of urea groups is 1. The van der Waals surface area contributed by atoms with Crippen LogP contribution in [0.15, 0.2) is 0 Å². The van der Waals surface area contributed by atoms with Gasteiger partial charge in [0.2, 0.25) is 0 Å². The van der Waals surface area contributed by atoms with E-state index < -0.39 is 0 Å². The molecule has 0 radical (unpaired) electrons. The molecule has 0 saturated carbocycles. The summed E-state index contributed by atoms with van der Waals surface area (Å²) in [6, 6.07) is -0.0153. The van der Waals surface area contributed by atoms with Gasteiger partial charge in [-0.3, -0.25) is 0 Å². The molecule has 1 saturated heterocycles. The van der Waals surface area contributed by atoms with Crippen molar-refractivity contribution in [1.82, 2.24) is 10.6 Å². The third kappa shape index (κ3) is 5.06. The van der Waals surface area contributed by atoms with Crippen molar-refractivity contribution in [3.63, 3.8) is 0 Å². The molecule has 1 rings (SSSR count). The van der Waals surface area contributed by atoms with Gasteiger partial charge in [0.25, 0.3) is 0 Å². The zero-order valence-corrected chi connectivity index (χ0v) is 12.7. The highest BCUT2D eigenvalue weighted by molar-refractivity contribution is 8.00. The summed E-state index contributed by atoms with van der Waals surface area (Å²) >= 11 is 1.95. The quantitative estimate of drug-likeness (QED) is 0.781. The number of ether oxygens (including phenoxy) is 1. The van der Waals surface area contributed by atoms with E-state index in [2.05, 4.69) is 31.4 Å². The molecule has 2 amide bonds. The second kappa shape index (κ2) is 7.24. The largest absolute Gasteiger partial charge is 0.383 e. The van der Waals surface area contributed by atoms with Gasteiger partial charge < -0.3 is 15.4 Å². The molecule has 0 aromatic heterocycles. The van der Waals surface area contributed by atoms with Crippen LogP contribution in [-0.4, -0.2) is 42.8 Å². The summed E-state index contributed by atoms with van der Waals surface area (Å²) in [5.74, 6) is 1.57. The second-order valence-corrected chi connectivity index (χ2v) is 7.22. The van der Waals surface area contributed by atoms with Gasteiger partial charge in [0, 0.05) is 18.4 Å². The van der Waals surface area contributed by atoms with Gasteiger partial charge in [-0.1, -0.05) is 13.8 Å². The third-order valence-electron chi connectivity index (χ3n) is 3.39. The molecule has 0 aromatic carbocycles. The van der Waals surface area contributed by atoms with Crippen molar-refractivity contribution in [3.05, 3.63) is 0 Å². The highest BCUT2D eigenvalue weighted by Crippen LogP contribution is 2.36. The number of rotatable bonds is 6. The van der Waals surface area contributed by atoms with Crippen LogP contribution < -0.4 is 10.6 Å². The molecule has 2 atom stereocenters. The number of carbonyl (C=O) groups is 1. The van der Waals surface area contributed by atoms with Crippen LogP contribution in [-0.2, 0) is 4.74 Å². The average molecular weight is 274 g/mol. The Balaban J connectivity index is 2.31. The Morgan fingerprint density at radius 2 is 2.22 bits per heavy atom. The van der Waals surface area contributed by atoms with Crippen LogP contribution in [0.5, 0.6) is 0 Å². The van der Waals surface area contributed by atoms with E-state index >= 15 is 0 Å². The van der Waals surface area contributed by atoms with Crippen molar-refractivity contribution in [1.29, 1.82) is 0 Å². The Hall–Kier alpha value is -0.420. The van der Waals surface area contributed by atoms with E-state index in [1.807, 2.05) is 11.8 Å². The maximum atomic E-state index is 11.8. The van der Waals surface area contributed by atoms with Crippen molar-refractivity contribution >= 4 is 17.8 Å². The van der Waals surface area contributed by atoms with E-state index in [9.17, 15) is 4.79 Å². The van der Waals surface area contributed by atoms with Crippen molar-refractivity contribution in [2.24, 2.45) is 5.92 Å². The molecular weight excluding hydrogens is 248 g/mol. The first-order valence-corrected chi connectivity index (χ1v) is 7.63. The maximum Gasteiger partial charge on any atom is 0.315 e. The minimum atomic E-state index is -0.0838. The van der Waals surface area contributed by atoms with Crippen molar-refractivity contribution < 1.29 is 9.53 Å². The smallest absolute Gasteiger partial charge is 0.315 e. The molecule has 0 aromatic rings. The third-order valence-corrected chi connectivity index (χ3v) is 4.93. The fraction of sp³-hybridized carbons (Fsp3) is 0.923. The Labute approximate surface area is 115 Å². The van der Waals surface area contributed by atoms with Gasteiger partial charge in [-0.05, 0) is 31.4 Å². The van der Waals surface area contributed by atoms with E-state index in [0.29, 0.717) is 12.5 Å². The molecule has 1 aliphatic heterocycles. The molecule has 0 unspecified atom stereocenters. The van der Waals surface area contributed by atoms with Crippen LogP contribution in [0.3, 0.4) is 0 Å². The Morgan fingerprint density at radius 1 is 1.50 bits per heavy atom. The fourth-order valence-corrected chi connectivity index (χ4v) is 3.29. The highest BCUT2D eigenvalue weighted by atomic mass is 32.2. The first-order valence-electron chi connectivity index (χ1n) is 6.64. The van der Waals surface area contributed by atoms with Gasteiger partial charge in [-0.2, -0.15) is 11.8 Å². The van der Waals surface area contributed by atoms with E-state index in [-0.39, 0.29) is 16.8 Å². The predicted octanol–water partition coefficient (Wildman–Crippen LogP) is 2.24. The lowest BCUT2D eigenvalue weighted by atomic mass is 10.1. The van der Waals surface area contributed by atoms with Gasteiger partial charge in [-0.25, -0.2) is 4.79 Å². The number of methoxy groups -OCH3 is 1. The average Bonchev–Trinajstić information content (AvgIpc) is 2.73. The molecule has 106 valence electrons. The van der Waals surface area contributed by atoms with Crippen LogP contribution in [0.25, 0.3) is 0 Å². The highest BCUT2D eigenvalue weighted by Gasteiger charge is 2.30. The molecule has 2 N–H and O–H groups in total. The topological polar surface area (TPSA) is 50.4 Å². The van der Waals surface area contributed by atoms with Gasteiger partial charge in [0.15, 0.2) is 0 Å². The van der Waals surface area contributed by atoms with E-state index in [0.717, 1.165) is 6.54 Å². The standard InChI is InChI=1S/C13H26N2O2S/c1-10(2)11(8-17-4)15-12(16)14-9-13(3)6-5-7-18-13/h10-11H,5-9H2,1-4H3,(H2,14,15,16)/t11-,13-/m1/s1. The number of amides is 2. The molecule has 1 fully saturated rings. The van der Waals surface area contributed by atoms with Crippen LogP contribution in [0.4, 0.5) is 4.79 Å². The van der Waals surface area contributed by atoms with Crippen LogP contribution in [0.2, 0.25) is 0 Å².